The first-order valence-electron chi connectivity index (χ1n) is 4.09. The minimum Gasteiger partial charge on any atom is -0.790 e. The average molecular weight is 684 g/mol. The summed E-state index contributed by atoms with van der Waals surface area (Å²) in [5, 5.41) is 0. The number of hydrogen-bond acceptors (Lipinski definition) is 11. The monoisotopic (exact) mass is 684 g/mol. The number of hydrogen-bond donors (Lipinski definition) is 4. The summed E-state index contributed by atoms with van der Waals surface area (Å²) in [6.45, 7) is 2.39. The van der Waals surface area contributed by atoms with Crippen molar-refractivity contribution in [3.8, 4) is 0 Å². The van der Waals surface area contributed by atoms with Crippen LogP contribution in [0.2, 0.25) is 0 Å². The standard InChI is InChI=1S/2C2H8N2.H4O7P2.2Pt/c2*3-1-2-4;1-8(2,3)7-9(4,5)6;;/h2*1-4H2;(H2,1,2,3)(H2,4,5,6);;/q;;;2*+2/p-4. The van der Waals surface area contributed by atoms with Crippen LogP contribution in [0.3, 0.4) is 0 Å². The fourth-order valence-electron chi connectivity index (χ4n) is 0.122. The summed E-state index contributed by atoms with van der Waals surface area (Å²) in [5.74, 6) is 0. The van der Waals surface area contributed by atoms with Crippen molar-refractivity contribution in [2.45, 2.75) is 0 Å². The molecule has 11 nitrogen and oxygen atoms in total. The van der Waals surface area contributed by atoms with Gasteiger partial charge in [0.1, 0.15) is 0 Å². The predicted molar refractivity (Wildman–Crippen MR) is 52.5 cm³/mol. The van der Waals surface area contributed by atoms with E-state index < -0.39 is 15.6 Å². The molecular formula is C4H16N4O7P2Pt2. The normalized spacial score (nSPS) is 9.68. The Bertz CT molecular complexity index is 221. The van der Waals surface area contributed by atoms with Crippen molar-refractivity contribution < 1.29 is 75.1 Å². The Morgan fingerprint density at radius 3 is 0.842 bits per heavy atom. The molecule has 0 aliphatic rings. The third kappa shape index (κ3) is 66.2. The summed E-state index contributed by atoms with van der Waals surface area (Å²) in [6, 6.07) is 0. The molecule has 0 saturated heterocycles. The quantitative estimate of drug-likeness (QED) is 0.204. The van der Waals surface area contributed by atoms with Crippen LogP contribution in [0.5, 0.6) is 0 Å². The molecule has 0 fully saturated rings. The van der Waals surface area contributed by atoms with Gasteiger partial charge in [-0.3, -0.25) is 0 Å². The fourth-order valence-corrected chi connectivity index (χ4v) is 1.10. The average Bonchev–Trinajstić information content (AvgIpc) is 2.13. The van der Waals surface area contributed by atoms with Crippen molar-refractivity contribution in [2.24, 2.45) is 22.9 Å². The molecule has 0 spiro atoms. The van der Waals surface area contributed by atoms with Crippen LogP contribution in [0.4, 0.5) is 0 Å². The Labute approximate surface area is 139 Å². The van der Waals surface area contributed by atoms with Crippen LogP contribution in [0.25, 0.3) is 0 Å². The molecule has 0 aromatic carbocycles. The molecule has 8 N–H and O–H groups in total. The van der Waals surface area contributed by atoms with Gasteiger partial charge in [-0.15, -0.1) is 0 Å². The summed E-state index contributed by atoms with van der Waals surface area (Å²) in [5.41, 5.74) is 19.6. The third-order valence-corrected chi connectivity index (χ3v) is 2.13. The van der Waals surface area contributed by atoms with E-state index in [0.29, 0.717) is 26.2 Å². The maximum Gasteiger partial charge on any atom is 2.00 e. The van der Waals surface area contributed by atoms with Gasteiger partial charge in [-0.05, 0) is 0 Å². The van der Waals surface area contributed by atoms with Crippen molar-refractivity contribution in [3.63, 3.8) is 0 Å². The Morgan fingerprint density at radius 1 is 0.684 bits per heavy atom. The molecule has 0 bridgehead atoms. The summed E-state index contributed by atoms with van der Waals surface area (Å²) < 4.78 is 21.2. The van der Waals surface area contributed by atoms with Crippen LogP contribution in [-0.4, -0.2) is 26.2 Å². The zero-order valence-electron chi connectivity index (χ0n) is 9.52. The third-order valence-electron chi connectivity index (χ3n) is 0.533. The van der Waals surface area contributed by atoms with Gasteiger partial charge in [0.05, 0.1) is 15.6 Å². The van der Waals surface area contributed by atoms with Crippen molar-refractivity contribution >= 4 is 15.6 Å². The van der Waals surface area contributed by atoms with Gasteiger partial charge in [-0.1, -0.05) is 0 Å². The molecule has 19 heavy (non-hydrogen) atoms. The maximum atomic E-state index is 9.32. The zero-order chi connectivity index (χ0) is 14.5. The Morgan fingerprint density at radius 2 is 0.842 bits per heavy atom. The smallest absolute Gasteiger partial charge is 0.790 e. The van der Waals surface area contributed by atoms with Gasteiger partial charge in [0, 0.05) is 26.2 Å². The van der Waals surface area contributed by atoms with E-state index in [1.54, 1.807) is 0 Å². The molecule has 0 aliphatic heterocycles. The molecule has 0 radical (unpaired) electrons. The molecule has 0 aromatic rings. The van der Waals surface area contributed by atoms with E-state index in [1.807, 2.05) is 0 Å². The van der Waals surface area contributed by atoms with Gasteiger partial charge in [0.25, 0.3) is 0 Å². The van der Waals surface area contributed by atoms with E-state index in [2.05, 4.69) is 4.31 Å². The summed E-state index contributed by atoms with van der Waals surface area (Å²) in [7, 11) is -11.4. The first kappa shape index (κ1) is 32.4. The topological polar surface area (TPSA) is 240 Å². The number of rotatable bonds is 4. The van der Waals surface area contributed by atoms with Crippen LogP contribution < -0.4 is 42.5 Å². The van der Waals surface area contributed by atoms with Gasteiger partial charge in [-0.2, -0.15) is 0 Å². The van der Waals surface area contributed by atoms with Crippen LogP contribution in [0.1, 0.15) is 0 Å². The predicted octanol–water partition coefficient (Wildman–Crippen LogP) is -5.54. The van der Waals surface area contributed by atoms with Gasteiger partial charge >= 0.3 is 42.1 Å². The first-order valence-corrected chi connectivity index (χ1v) is 7.01. The fraction of sp³-hybridized carbons (Fsp3) is 1.00. The summed E-state index contributed by atoms with van der Waals surface area (Å²) in [6.07, 6.45) is 0. The second kappa shape index (κ2) is 19.5. The number of nitrogens with two attached hydrogens (primary N) is 4. The SMILES string of the molecule is NCCN.NCCN.O=P([O-])([O-])OP(=O)([O-])[O-].[Pt+2].[Pt+2]. The van der Waals surface area contributed by atoms with Crippen LogP contribution >= 0.6 is 15.6 Å². The molecule has 0 rings (SSSR count). The molecule has 124 valence electrons. The van der Waals surface area contributed by atoms with Crippen molar-refractivity contribution in [3.05, 3.63) is 0 Å². The van der Waals surface area contributed by atoms with Gasteiger partial charge in [0.2, 0.25) is 0 Å². The molecule has 0 aromatic heterocycles. The van der Waals surface area contributed by atoms with Crippen molar-refractivity contribution in [2.75, 3.05) is 26.2 Å². The Kier molecular flexibility index (Phi) is 33.2. The zero-order valence-corrected chi connectivity index (χ0v) is 15.9. The number of phosphoric acid groups is 2. The minimum atomic E-state index is -5.68. The molecule has 0 heterocycles. The van der Waals surface area contributed by atoms with E-state index in [1.165, 1.54) is 0 Å². The molecule has 0 aliphatic carbocycles. The first-order chi connectivity index (χ1) is 7.54. The molecule has 0 unspecified atom stereocenters. The Balaban J connectivity index is -0.0000000560. The van der Waals surface area contributed by atoms with Gasteiger partial charge < -0.3 is 55.9 Å². The van der Waals surface area contributed by atoms with E-state index in [-0.39, 0.29) is 42.1 Å². The van der Waals surface area contributed by atoms with Crippen molar-refractivity contribution in [1.29, 1.82) is 0 Å². The van der Waals surface area contributed by atoms with Gasteiger partial charge in [-0.25, -0.2) is 0 Å². The van der Waals surface area contributed by atoms with E-state index in [4.69, 9.17) is 22.9 Å². The molecule has 0 amide bonds. The second-order valence-corrected chi connectivity index (χ2v) is 4.57. The van der Waals surface area contributed by atoms with E-state index in [9.17, 15) is 28.7 Å². The largest absolute Gasteiger partial charge is 2.00 e. The van der Waals surface area contributed by atoms with Gasteiger partial charge in [0.15, 0.2) is 0 Å². The van der Waals surface area contributed by atoms with E-state index in [0.717, 1.165) is 0 Å². The minimum absolute atomic E-state index is 0. The summed E-state index contributed by atoms with van der Waals surface area (Å²) in [4.78, 5) is 37.3. The van der Waals surface area contributed by atoms with Crippen LogP contribution in [0.15, 0.2) is 0 Å². The molecule has 0 atom stereocenters. The summed E-state index contributed by atoms with van der Waals surface area (Å²) >= 11 is 0. The Hall–Kier alpha value is 1.48. The maximum absolute atomic E-state index is 9.32. The molecule has 0 saturated carbocycles. The molecule has 15 heteroatoms. The van der Waals surface area contributed by atoms with Crippen LogP contribution in [-0.2, 0) is 55.6 Å². The van der Waals surface area contributed by atoms with Crippen LogP contribution in [0, 0.1) is 0 Å². The second-order valence-electron chi connectivity index (χ2n) is 2.13. The molecular weight excluding hydrogens is 668 g/mol. The van der Waals surface area contributed by atoms with E-state index >= 15 is 0 Å². The van der Waals surface area contributed by atoms with Crippen molar-refractivity contribution in [1.82, 2.24) is 0 Å².